The Balaban J connectivity index is 3.05. The van der Waals surface area contributed by atoms with Crippen LogP contribution in [0.1, 0.15) is 17.2 Å². The van der Waals surface area contributed by atoms with Gasteiger partial charge in [-0.15, -0.1) is 6.58 Å². The highest BCUT2D eigenvalue weighted by Crippen LogP contribution is 2.20. The highest BCUT2D eigenvalue weighted by atomic mass is 35.5. The number of hydrogen-bond donors (Lipinski definition) is 1. The van der Waals surface area contributed by atoms with Crippen molar-refractivity contribution in [3.63, 3.8) is 0 Å². The largest absolute Gasteiger partial charge is 0.310 e. The fourth-order valence-corrected chi connectivity index (χ4v) is 1.66. The molecular formula is C11H14ClN. The van der Waals surface area contributed by atoms with Crippen molar-refractivity contribution >= 4 is 11.6 Å². The Labute approximate surface area is 84.4 Å². The predicted molar refractivity (Wildman–Crippen MR) is 58.2 cm³/mol. The van der Waals surface area contributed by atoms with Crippen LogP contribution in [-0.4, -0.2) is 7.05 Å². The average molecular weight is 196 g/mol. The molecule has 1 nitrogen and oxygen atoms in total. The summed E-state index contributed by atoms with van der Waals surface area (Å²) < 4.78 is 0. The summed E-state index contributed by atoms with van der Waals surface area (Å²) in [6, 6.07) is 6.19. The van der Waals surface area contributed by atoms with Crippen LogP contribution in [-0.2, 0) is 0 Å². The smallest absolute Gasteiger partial charge is 0.0501 e. The summed E-state index contributed by atoms with van der Waals surface area (Å²) in [5.41, 5.74) is 2.33. The number of halogens is 1. The molecule has 1 rings (SSSR count). The van der Waals surface area contributed by atoms with Crippen LogP contribution < -0.4 is 5.32 Å². The second-order valence-electron chi connectivity index (χ2n) is 3.06. The first-order valence-corrected chi connectivity index (χ1v) is 4.62. The van der Waals surface area contributed by atoms with E-state index >= 15 is 0 Å². The first-order valence-electron chi connectivity index (χ1n) is 4.24. The first kappa shape index (κ1) is 10.3. The van der Waals surface area contributed by atoms with Gasteiger partial charge in [0.25, 0.3) is 0 Å². The SMILES string of the molecule is C=CC(NC)c1cc(C)cc(Cl)c1. The van der Waals surface area contributed by atoms with E-state index in [4.69, 9.17) is 11.6 Å². The van der Waals surface area contributed by atoms with Crippen LogP contribution in [0.25, 0.3) is 0 Å². The molecule has 0 aromatic heterocycles. The highest BCUT2D eigenvalue weighted by Gasteiger charge is 2.05. The van der Waals surface area contributed by atoms with Crippen LogP contribution in [0.15, 0.2) is 30.9 Å². The summed E-state index contributed by atoms with van der Waals surface area (Å²) in [7, 11) is 1.91. The topological polar surface area (TPSA) is 12.0 Å². The molecule has 0 saturated carbocycles. The third-order valence-electron chi connectivity index (χ3n) is 1.97. The number of aryl methyl sites for hydroxylation is 1. The minimum absolute atomic E-state index is 0.178. The van der Waals surface area contributed by atoms with Gasteiger partial charge in [-0.05, 0) is 37.2 Å². The fourth-order valence-electron chi connectivity index (χ4n) is 1.36. The van der Waals surface area contributed by atoms with E-state index in [-0.39, 0.29) is 6.04 Å². The van der Waals surface area contributed by atoms with Crippen molar-refractivity contribution in [2.75, 3.05) is 7.05 Å². The molecule has 0 radical (unpaired) electrons. The Hall–Kier alpha value is -0.790. The van der Waals surface area contributed by atoms with Gasteiger partial charge in [0, 0.05) is 5.02 Å². The molecule has 1 N–H and O–H groups in total. The molecule has 13 heavy (non-hydrogen) atoms. The van der Waals surface area contributed by atoms with Gasteiger partial charge in [0.05, 0.1) is 6.04 Å². The van der Waals surface area contributed by atoms with E-state index in [1.807, 2.05) is 32.2 Å². The second-order valence-corrected chi connectivity index (χ2v) is 3.50. The Morgan fingerprint density at radius 3 is 2.62 bits per heavy atom. The van der Waals surface area contributed by atoms with Gasteiger partial charge < -0.3 is 5.32 Å². The monoisotopic (exact) mass is 195 g/mol. The quantitative estimate of drug-likeness (QED) is 0.731. The lowest BCUT2D eigenvalue weighted by Crippen LogP contribution is -2.13. The van der Waals surface area contributed by atoms with Crippen LogP contribution in [0.4, 0.5) is 0 Å². The molecule has 0 bridgehead atoms. The summed E-state index contributed by atoms with van der Waals surface area (Å²) in [6.45, 7) is 5.79. The third-order valence-corrected chi connectivity index (χ3v) is 2.19. The molecular weight excluding hydrogens is 182 g/mol. The molecule has 1 unspecified atom stereocenters. The van der Waals surface area contributed by atoms with Crippen LogP contribution >= 0.6 is 11.6 Å². The zero-order valence-corrected chi connectivity index (χ0v) is 8.73. The number of hydrogen-bond acceptors (Lipinski definition) is 1. The lowest BCUT2D eigenvalue weighted by atomic mass is 10.0. The van der Waals surface area contributed by atoms with E-state index in [0.717, 1.165) is 10.6 Å². The lowest BCUT2D eigenvalue weighted by molar-refractivity contribution is 0.716. The van der Waals surface area contributed by atoms with E-state index in [1.165, 1.54) is 5.56 Å². The van der Waals surface area contributed by atoms with Gasteiger partial charge >= 0.3 is 0 Å². The maximum Gasteiger partial charge on any atom is 0.0501 e. The molecule has 1 aromatic carbocycles. The number of benzene rings is 1. The second kappa shape index (κ2) is 4.45. The Morgan fingerprint density at radius 1 is 1.46 bits per heavy atom. The number of nitrogens with one attached hydrogen (secondary N) is 1. The summed E-state index contributed by atoms with van der Waals surface area (Å²) in [5, 5.41) is 3.92. The molecule has 0 aliphatic heterocycles. The van der Waals surface area contributed by atoms with Crippen LogP contribution in [0.2, 0.25) is 5.02 Å². The van der Waals surface area contributed by atoms with Crippen molar-refractivity contribution in [3.05, 3.63) is 47.0 Å². The summed E-state index contributed by atoms with van der Waals surface area (Å²) >= 11 is 5.95. The standard InChI is InChI=1S/C11H14ClN/c1-4-11(13-3)9-5-8(2)6-10(12)7-9/h4-7,11,13H,1H2,2-3H3. The van der Waals surface area contributed by atoms with Gasteiger partial charge in [-0.3, -0.25) is 0 Å². The predicted octanol–water partition coefficient (Wildman–Crippen LogP) is 3.09. The van der Waals surface area contributed by atoms with E-state index < -0.39 is 0 Å². The van der Waals surface area contributed by atoms with Gasteiger partial charge in [-0.2, -0.15) is 0 Å². The average Bonchev–Trinajstić information content (AvgIpc) is 2.04. The normalized spacial score (nSPS) is 12.5. The third kappa shape index (κ3) is 2.58. The molecule has 0 saturated heterocycles. The molecule has 0 fully saturated rings. The van der Waals surface area contributed by atoms with Crippen LogP contribution in [0.3, 0.4) is 0 Å². The fraction of sp³-hybridized carbons (Fsp3) is 0.273. The molecule has 0 aliphatic rings. The van der Waals surface area contributed by atoms with Crippen molar-refractivity contribution in [3.8, 4) is 0 Å². The summed E-state index contributed by atoms with van der Waals surface area (Å²) in [5.74, 6) is 0. The van der Waals surface area contributed by atoms with Crippen molar-refractivity contribution in [1.29, 1.82) is 0 Å². The van der Waals surface area contributed by atoms with Gasteiger partial charge in [-0.25, -0.2) is 0 Å². The van der Waals surface area contributed by atoms with Crippen LogP contribution in [0, 0.1) is 6.92 Å². The molecule has 0 spiro atoms. The first-order chi connectivity index (χ1) is 6.17. The molecule has 0 heterocycles. The molecule has 1 atom stereocenters. The van der Waals surface area contributed by atoms with Crippen molar-refractivity contribution in [2.24, 2.45) is 0 Å². The minimum atomic E-state index is 0.178. The molecule has 1 aromatic rings. The summed E-state index contributed by atoms with van der Waals surface area (Å²) in [6.07, 6.45) is 1.87. The van der Waals surface area contributed by atoms with Gasteiger partial charge in [0.15, 0.2) is 0 Å². The molecule has 0 aliphatic carbocycles. The maximum atomic E-state index is 5.95. The zero-order chi connectivity index (χ0) is 9.84. The molecule has 2 heteroatoms. The Morgan fingerprint density at radius 2 is 2.15 bits per heavy atom. The van der Waals surface area contributed by atoms with Crippen molar-refractivity contribution in [2.45, 2.75) is 13.0 Å². The zero-order valence-electron chi connectivity index (χ0n) is 7.97. The van der Waals surface area contributed by atoms with Crippen molar-refractivity contribution in [1.82, 2.24) is 5.32 Å². The number of rotatable bonds is 3. The van der Waals surface area contributed by atoms with E-state index in [1.54, 1.807) is 0 Å². The minimum Gasteiger partial charge on any atom is -0.310 e. The van der Waals surface area contributed by atoms with Gasteiger partial charge in [0.1, 0.15) is 0 Å². The molecule has 70 valence electrons. The van der Waals surface area contributed by atoms with Gasteiger partial charge in [-0.1, -0.05) is 23.7 Å². The van der Waals surface area contributed by atoms with E-state index in [9.17, 15) is 0 Å². The molecule has 0 amide bonds. The summed E-state index contributed by atoms with van der Waals surface area (Å²) in [4.78, 5) is 0. The Bertz CT molecular complexity index is 287. The van der Waals surface area contributed by atoms with Crippen LogP contribution in [0.5, 0.6) is 0 Å². The number of likely N-dealkylation sites (N-methyl/N-ethyl adjacent to an activating group) is 1. The van der Waals surface area contributed by atoms with E-state index in [0.29, 0.717) is 0 Å². The Kier molecular flexibility index (Phi) is 3.52. The maximum absolute atomic E-state index is 5.95. The highest BCUT2D eigenvalue weighted by molar-refractivity contribution is 6.30. The lowest BCUT2D eigenvalue weighted by Gasteiger charge is -2.12. The van der Waals surface area contributed by atoms with E-state index in [2.05, 4.69) is 18.0 Å². The van der Waals surface area contributed by atoms with Gasteiger partial charge in [0.2, 0.25) is 0 Å². The van der Waals surface area contributed by atoms with Crippen molar-refractivity contribution < 1.29 is 0 Å².